The number of ether oxygens (including phenoxy) is 1. The van der Waals surface area contributed by atoms with Crippen molar-refractivity contribution >= 4 is 5.69 Å². The fourth-order valence-corrected chi connectivity index (χ4v) is 2.01. The lowest BCUT2D eigenvalue weighted by Gasteiger charge is -2.25. The zero-order valence-electron chi connectivity index (χ0n) is 8.66. The van der Waals surface area contributed by atoms with Crippen molar-refractivity contribution in [2.24, 2.45) is 5.92 Å². The summed E-state index contributed by atoms with van der Waals surface area (Å²) in [5.41, 5.74) is 6.96. The maximum Gasteiger partial charge on any atom is 0.128 e. The summed E-state index contributed by atoms with van der Waals surface area (Å²) in [7, 11) is 0. The van der Waals surface area contributed by atoms with E-state index < -0.39 is 6.17 Å². The summed E-state index contributed by atoms with van der Waals surface area (Å²) in [6.45, 7) is 1.35. The SMILES string of the molecule is Nc1cccc(C(F)C2CCOCC2)c1. The number of rotatable bonds is 2. The lowest BCUT2D eigenvalue weighted by Crippen LogP contribution is -2.19. The molecule has 1 heterocycles. The highest BCUT2D eigenvalue weighted by Gasteiger charge is 2.24. The van der Waals surface area contributed by atoms with E-state index in [4.69, 9.17) is 10.5 Å². The van der Waals surface area contributed by atoms with Crippen molar-refractivity contribution in [2.45, 2.75) is 19.0 Å². The first-order valence-electron chi connectivity index (χ1n) is 5.34. The van der Waals surface area contributed by atoms with Crippen LogP contribution in [0.2, 0.25) is 0 Å². The number of nitrogen functional groups attached to an aromatic ring is 1. The highest BCUT2D eigenvalue weighted by Crippen LogP contribution is 2.33. The van der Waals surface area contributed by atoms with Gasteiger partial charge in [-0.1, -0.05) is 12.1 Å². The molecule has 0 aliphatic carbocycles. The van der Waals surface area contributed by atoms with Crippen LogP contribution in [0.1, 0.15) is 24.6 Å². The van der Waals surface area contributed by atoms with Crippen LogP contribution in [0.4, 0.5) is 10.1 Å². The molecule has 3 heteroatoms. The average Bonchev–Trinajstić information content (AvgIpc) is 2.29. The maximum atomic E-state index is 14.1. The number of hydrogen-bond acceptors (Lipinski definition) is 2. The Bertz CT molecular complexity index is 323. The Kier molecular flexibility index (Phi) is 3.21. The molecule has 1 aromatic carbocycles. The normalized spacial score (nSPS) is 20.1. The molecule has 15 heavy (non-hydrogen) atoms. The van der Waals surface area contributed by atoms with E-state index in [0.717, 1.165) is 12.8 Å². The monoisotopic (exact) mass is 209 g/mol. The number of halogens is 1. The second-order valence-corrected chi connectivity index (χ2v) is 4.02. The van der Waals surface area contributed by atoms with Crippen LogP contribution in [0.25, 0.3) is 0 Å². The first-order valence-corrected chi connectivity index (χ1v) is 5.34. The van der Waals surface area contributed by atoms with Crippen LogP contribution in [0, 0.1) is 5.92 Å². The highest BCUT2D eigenvalue weighted by molar-refractivity contribution is 5.41. The molecule has 0 saturated carbocycles. The summed E-state index contributed by atoms with van der Waals surface area (Å²) in [6, 6.07) is 7.10. The molecule has 1 unspecified atom stereocenters. The summed E-state index contributed by atoms with van der Waals surface area (Å²) in [5.74, 6) is 0.0838. The second kappa shape index (κ2) is 4.62. The Labute approximate surface area is 89.2 Å². The van der Waals surface area contributed by atoms with Gasteiger partial charge in [0.15, 0.2) is 0 Å². The van der Waals surface area contributed by atoms with Crippen LogP contribution < -0.4 is 5.73 Å². The quantitative estimate of drug-likeness (QED) is 0.760. The molecular formula is C12H16FNO. The fourth-order valence-electron chi connectivity index (χ4n) is 2.01. The molecule has 1 aromatic rings. The molecule has 82 valence electrons. The summed E-state index contributed by atoms with van der Waals surface area (Å²) in [6.07, 6.45) is 0.698. The van der Waals surface area contributed by atoms with Crippen molar-refractivity contribution in [3.8, 4) is 0 Å². The van der Waals surface area contributed by atoms with Crippen molar-refractivity contribution in [3.63, 3.8) is 0 Å². The molecule has 2 nitrogen and oxygen atoms in total. The molecule has 0 amide bonds. The zero-order chi connectivity index (χ0) is 10.7. The van der Waals surface area contributed by atoms with Gasteiger partial charge in [-0.25, -0.2) is 4.39 Å². The molecular weight excluding hydrogens is 193 g/mol. The fraction of sp³-hybridized carbons (Fsp3) is 0.500. The average molecular weight is 209 g/mol. The smallest absolute Gasteiger partial charge is 0.128 e. The first kappa shape index (κ1) is 10.4. The molecule has 1 atom stereocenters. The van der Waals surface area contributed by atoms with E-state index in [1.54, 1.807) is 24.3 Å². The largest absolute Gasteiger partial charge is 0.399 e. The maximum absolute atomic E-state index is 14.1. The lowest BCUT2D eigenvalue weighted by molar-refractivity contribution is 0.0365. The molecule has 1 saturated heterocycles. The van der Waals surface area contributed by atoms with Gasteiger partial charge in [0.2, 0.25) is 0 Å². The molecule has 2 N–H and O–H groups in total. The predicted octanol–water partition coefficient (Wildman–Crippen LogP) is 2.71. The molecule has 1 aliphatic rings. The van der Waals surface area contributed by atoms with Gasteiger partial charge in [0.1, 0.15) is 6.17 Å². The third kappa shape index (κ3) is 2.48. The second-order valence-electron chi connectivity index (χ2n) is 4.02. The Hall–Kier alpha value is -1.09. The predicted molar refractivity (Wildman–Crippen MR) is 58.2 cm³/mol. The van der Waals surface area contributed by atoms with E-state index in [0.29, 0.717) is 24.5 Å². The summed E-state index contributed by atoms with van der Waals surface area (Å²) >= 11 is 0. The zero-order valence-corrected chi connectivity index (χ0v) is 8.66. The van der Waals surface area contributed by atoms with Crippen LogP contribution in [0.5, 0.6) is 0 Å². The Morgan fingerprint density at radius 3 is 2.73 bits per heavy atom. The molecule has 0 aromatic heterocycles. The lowest BCUT2D eigenvalue weighted by atomic mass is 9.90. The standard InChI is InChI=1S/C12H16FNO/c13-12(9-4-6-15-7-5-9)10-2-1-3-11(14)8-10/h1-3,8-9,12H,4-7,14H2. The Balaban J connectivity index is 2.08. The Morgan fingerprint density at radius 1 is 1.33 bits per heavy atom. The summed E-state index contributed by atoms with van der Waals surface area (Å²) in [4.78, 5) is 0. The first-order chi connectivity index (χ1) is 7.27. The van der Waals surface area contributed by atoms with E-state index in [-0.39, 0.29) is 5.92 Å². The van der Waals surface area contributed by atoms with Crippen molar-refractivity contribution in [1.29, 1.82) is 0 Å². The van der Waals surface area contributed by atoms with Gasteiger partial charge < -0.3 is 10.5 Å². The number of nitrogens with two attached hydrogens (primary N) is 1. The molecule has 0 radical (unpaired) electrons. The van der Waals surface area contributed by atoms with E-state index in [2.05, 4.69) is 0 Å². The van der Waals surface area contributed by atoms with E-state index in [1.165, 1.54) is 0 Å². The highest BCUT2D eigenvalue weighted by atomic mass is 19.1. The number of benzene rings is 1. The number of anilines is 1. The van der Waals surface area contributed by atoms with Crippen molar-refractivity contribution < 1.29 is 9.13 Å². The molecule has 0 spiro atoms. The van der Waals surface area contributed by atoms with Gasteiger partial charge in [-0.15, -0.1) is 0 Å². The molecule has 2 rings (SSSR count). The van der Waals surface area contributed by atoms with Gasteiger partial charge >= 0.3 is 0 Å². The van der Waals surface area contributed by atoms with Gasteiger partial charge in [-0.2, -0.15) is 0 Å². The van der Waals surface area contributed by atoms with E-state index >= 15 is 0 Å². The number of hydrogen-bond donors (Lipinski definition) is 1. The summed E-state index contributed by atoms with van der Waals surface area (Å²) in [5, 5.41) is 0. The topological polar surface area (TPSA) is 35.2 Å². The Morgan fingerprint density at radius 2 is 2.07 bits per heavy atom. The van der Waals surface area contributed by atoms with Crippen molar-refractivity contribution in [3.05, 3.63) is 29.8 Å². The molecule has 0 bridgehead atoms. The van der Waals surface area contributed by atoms with Gasteiger partial charge in [0.05, 0.1) is 0 Å². The minimum atomic E-state index is -0.905. The molecule has 1 aliphatic heterocycles. The van der Waals surface area contributed by atoms with E-state index in [1.807, 2.05) is 0 Å². The van der Waals surface area contributed by atoms with Gasteiger partial charge in [0, 0.05) is 18.9 Å². The minimum Gasteiger partial charge on any atom is -0.399 e. The van der Waals surface area contributed by atoms with Crippen LogP contribution in [-0.4, -0.2) is 13.2 Å². The van der Waals surface area contributed by atoms with Crippen LogP contribution in [-0.2, 0) is 4.74 Å². The summed E-state index contributed by atoms with van der Waals surface area (Å²) < 4.78 is 19.3. The van der Waals surface area contributed by atoms with Gasteiger partial charge in [-0.05, 0) is 36.5 Å². The van der Waals surface area contributed by atoms with Crippen molar-refractivity contribution in [1.82, 2.24) is 0 Å². The third-order valence-corrected chi connectivity index (χ3v) is 2.91. The van der Waals surface area contributed by atoms with Crippen LogP contribution in [0.15, 0.2) is 24.3 Å². The van der Waals surface area contributed by atoms with Gasteiger partial charge in [-0.3, -0.25) is 0 Å². The van der Waals surface area contributed by atoms with Crippen LogP contribution >= 0.6 is 0 Å². The van der Waals surface area contributed by atoms with Gasteiger partial charge in [0.25, 0.3) is 0 Å². The third-order valence-electron chi connectivity index (χ3n) is 2.91. The van der Waals surface area contributed by atoms with Crippen molar-refractivity contribution in [2.75, 3.05) is 18.9 Å². The minimum absolute atomic E-state index is 0.0838. The van der Waals surface area contributed by atoms with Crippen LogP contribution in [0.3, 0.4) is 0 Å². The molecule has 1 fully saturated rings. The number of alkyl halides is 1. The van der Waals surface area contributed by atoms with E-state index in [9.17, 15) is 4.39 Å².